The first-order chi connectivity index (χ1) is 13.2. The second-order valence-corrected chi connectivity index (χ2v) is 7.91. The van der Waals surface area contributed by atoms with Gasteiger partial charge in [0, 0.05) is 25.6 Å². The lowest BCUT2D eigenvalue weighted by atomic mass is 9.94. The second kappa shape index (κ2) is 8.48. The van der Waals surface area contributed by atoms with Crippen LogP contribution < -0.4 is 10.9 Å². The van der Waals surface area contributed by atoms with Crippen molar-refractivity contribution < 1.29 is 9.50 Å². The van der Waals surface area contributed by atoms with Crippen LogP contribution in [-0.4, -0.2) is 36.2 Å². The zero-order chi connectivity index (χ0) is 18.6. The molecule has 0 spiro atoms. The lowest BCUT2D eigenvalue weighted by molar-refractivity contribution is 0.261. The summed E-state index contributed by atoms with van der Waals surface area (Å²) in [5, 5.41) is 9.17. The molecule has 0 radical (unpaired) electrons. The van der Waals surface area contributed by atoms with Crippen LogP contribution in [0.15, 0.2) is 48.5 Å². The smallest absolute Gasteiger partial charge is 0.123 e. The van der Waals surface area contributed by atoms with Crippen LogP contribution in [0.2, 0.25) is 0 Å². The number of likely N-dealkylation sites (tertiary alicyclic amines) is 1. The minimum atomic E-state index is -0.185. The Kier molecular flexibility index (Phi) is 5.83. The average Bonchev–Trinajstić information content (AvgIpc) is 3.33. The number of benzene rings is 2. The molecule has 0 amide bonds. The van der Waals surface area contributed by atoms with Crippen molar-refractivity contribution in [1.29, 1.82) is 0 Å². The molecular weight excluding hydrogens is 341 g/mol. The molecule has 2 aliphatic heterocycles. The molecule has 0 bridgehead atoms. The Morgan fingerprint density at radius 1 is 1.04 bits per heavy atom. The standard InChI is InChI=1S/C22H28FN3O/c23-21-7-5-19(6-8-21)22-20(12-24-25-22)14-26-10-9-18(13-26)11-16-1-3-17(15-27)4-2-16/h1-8,18,20,22,24-25,27H,9-15H2. The van der Waals surface area contributed by atoms with Gasteiger partial charge in [-0.3, -0.25) is 5.43 Å². The lowest BCUT2D eigenvalue weighted by Crippen LogP contribution is -2.31. The first-order valence-electron chi connectivity index (χ1n) is 9.86. The van der Waals surface area contributed by atoms with Crippen LogP contribution in [0, 0.1) is 17.7 Å². The molecule has 2 aromatic carbocycles. The zero-order valence-electron chi connectivity index (χ0n) is 15.6. The molecule has 0 aromatic heterocycles. The van der Waals surface area contributed by atoms with Crippen molar-refractivity contribution in [2.24, 2.45) is 11.8 Å². The van der Waals surface area contributed by atoms with E-state index in [0.717, 1.165) is 43.7 Å². The summed E-state index contributed by atoms with van der Waals surface area (Å²) in [6.45, 7) is 4.38. The van der Waals surface area contributed by atoms with Gasteiger partial charge in [0.15, 0.2) is 0 Å². The van der Waals surface area contributed by atoms with Gasteiger partial charge in [-0.05, 0) is 54.1 Å². The molecule has 2 aliphatic rings. The summed E-state index contributed by atoms with van der Waals surface area (Å²) < 4.78 is 13.2. The summed E-state index contributed by atoms with van der Waals surface area (Å²) >= 11 is 0. The Hall–Kier alpha value is -1.79. The molecule has 5 heteroatoms. The van der Waals surface area contributed by atoms with Crippen molar-refractivity contribution in [3.05, 3.63) is 71.0 Å². The highest BCUT2D eigenvalue weighted by Crippen LogP contribution is 2.28. The van der Waals surface area contributed by atoms with Crippen LogP contribution >= 0.6 is 0 Å². The number of hydrogen-bond donors (Lipinski definition) is 3. The van der Waals surface area contributed by atoms with Crippen LogP contribution in [0.1, 0.15) is 29.2 Å². The van der Waals surface area contributed by atoms with Gasteiger partial charge in [-0.15, -0.1) is 0 Å². The van der Waals surface area contributed by atoms with E-state index in [1.165, 1.54) is 12.0 Å². The van der Waals surface area contributed by atoms with Crippen molar-refractivity contribution >= 4 is 0 Å². The highest BCUT2D eigenvalue weighted by Gasteiger charge is 2.32. The van der Waals surface area contributed by atoms with Gasteiger partial charge in [-0.2, -0.15) is 0 Å². The molecule has 2 saturated heterocycles. The van der Waals surface area contributed by atoms with Gasteiger partial charge in [0.05, 0.1) is 12.6 Å². The van der Waals surface area contributed by atoms with E-state index in [9.17, 15) is 4.39 Å². The molecular formula is C22H28FN3O. The molecule has 27 heavy (non-hydrogen) atoms. The van der Waals surface area contributed by atoms with Crippen LogP contribution in [0.3, 0.4) is 0 Å². The van der Waals surface area contributed by atoms with Gasteiger partial charge >= 0.3 is 0 Å². The molecule has 3 unspecified atom stereocenters. The largest absolute Gasteiger partial charge is 0.392 e. The van der Waals surface area contributed by atoms with Crippen molar-refractivity contribution in [2.75, 3.05) is 26.2 Å². The van der Waals surface area contributed by atoms with Gasteiger partial charge in [0.1, 0.15) is 5.82 Å². The first-order valence-corrected chi connectivity index (χ1v) is 9.86. The first kappa shape index (κ1) is 18.6. The topological polar surface area (TPSA) is 47.5 Å². The molecule has 2 fully saturated rings. The predicted molar refractivity (Wildman–Crippen MR) is 104 cm³/mol. The third-order valence-electron chi connectivity index (χ3n) is 5.91. The Labute approximate surface area is 160 Å². The fourth-order valence-electron chi connectivity index (χ4n) is 4.42. The number of aliphatic hydroxyl groups excluding tert-OH is 1. The Morgan fingerprint density at radius 2 is 1.78 bits per heavy atom. The highest BCUT2D eigenvalue weighted by molar-refractivity contribution is 5.23. The molecule has 0 aliphatic carbocycles. The fraction of sp³-hybridized carbons (Fsp3) is 0.455. The number of halogens is 1. The summed E-state index contributed by atoms with van der Waals surface area (Å²) in [6, 6.07) is 15.4. The third-order valence-corrected chi connectivity index (χ3v) is 5.91. The maximum atomic E-state index is 13.2. The molecule has 3 N–H and O–H groups in total. The average molecular weight is 369 g/mol. The van der Waals surface area contributed by atoms with E-state index in [0.29, 0.717) is 11.8 Å². The molecule has 4 nitrogen and oxygen atoms in total. The number of hydrogen-bond acceptors (Lipinski definition) is 4. The van der Waals surface area contributed by atoms with Crippen molar-refractivity contribution in [2.45, 2.75) is 25.5 Å². The summed E-state index contributed by atoms with van der Waals surface area (Å²) in [4.78, 5) is 2.57. The summed E-state index contributed by atoms with van der Waals surface area (Å²) in [5.41, 5.74) is 10.1. The quantitative estimate of drug-likeness (QED) is 0.733. The highest BCUT2D eigenvalue weighted by atomic mass is 19.1. The van der Waals surface area contributed by atoms with Crippen LogP contribution in [0.4, 0.5) is 4.39 Å². The molecule has 2 heterocycles. The van der Waals surface area contributed by atoms with Gasteiger partial charge in [-0.25, -0.2) is 9.82 Å². The van der Waals surface area contributed by atoms with Crippen LogP contribution in [0.25, 0.3) is 0 Å². The second-order valence-electron chi connectivity index (χ2n) is 7.91. The SMILES string of the molecule is OCc1ccc(CC2CCN(CC3CNNC3c3ccc(F)cc3)C2)cc1. The molecule has 4 rings (SSSR count). The number of aliphatic hydroxyl groups is 1. The zero-order valence-corrected chi connectivity index (χ0v) is 15.6. The fourth-order valence-corrected chi connectivity index (χ4v) is 4.42. The predicted octanol–water partition coefficient (Wildman–Crippen LogP) is 2.65. The van der Waals surface area contributed by atoms with Gasteiger partial charge in [0.2, 0.25) is 0 Å². The molecule has 0 saturated carbocycles. The summed E-state index contributed by atoms with van der Waals surface area (Å²) in [6.07, 6.45) is 2.33. The Balaban J connectivity index is 1.31. The van der Waals surface area contributed by atoms with Crippen molar-refractivity contribution in [3.8, 4) is 0 Å². The summed E-state index contributed by atoms with van der Waals surface area (Å²) in [5.74, 6) is 0.991. The molecule has 2 aromatic rings. The Bertz CT molecular complexity index is 734. The maximum Gasteiger partial charge on any atom is 0.123 e. The molecule has 144 valence electrons. The van der Waals surface area contributed by atoms with E-state index in [1.807, 2.05) is 24.3 Å². The number of nitrogens with one attached hydrogen (secondary N) is 2. The number of rotatable bonds is 6. The van der Waals surface area contributed by atoms with E-state index < -0.39 is 0 Å². The van der Waals surface area contributed by atoms with Crippen LogP contribution in [-0.2, 0) is 13.0 Å². The minimum absolute atomic E-state index is 0.107. The summed E-state index contributed by atoms with van der Waals surface area (Å²) in [7, 11) is 0. The van der Waals surface area contributed by atoms with Gasteiger partial charge in [-0.1, -0.05) is 36.4 Å². The molecule has 3 atom stereocenters. The van der Waals surface area contributed by atoms with E-state index in [2.05, 4.69) is 27.9 Å². The maximum absolute atomic E-state index is 13.2. The van der Waals surface area contributed by atoms with E-state index in [1.54, 1.807) is 12.1 Å². The number of hydrazine groups is 1. The minimum Gasteiger partial charge on any atom is -0.392 e. The van der Waals surface area contributed by atoms with Gasteiger partial charge < -0.3 is 10.0 Å². The van der Waals surface area contributed by atoms with Crippen molar-refractivity contribution in [3.63, 3.8) is 0 Å². The van der Waals surface area contributed by atoms with Crippen LogP contribution in [0.5, 0.6) is 0 Å². The normalized spacial score (nSPS) is 25.9. The monoisotopic (exact) mass is 369 g/mol. The van der Waals surface area contributed by atoms with Crippen molar-refractivity contribution in [1.82, 2.24) is 15.8 Å². The Morgan fingerprint density at radius 3 is 2.52 bits per heavy atom. The number of nitrogens with zero attached hydrogens (tertiary/aromatic N) is 1. The van der Waals surface area contributed by atoms with E-state index in [4.69, 9.17) is 5.11 Å². The lowest BCUT2D eigenvalue weighted by Gasteiger charge is -2.24. The van der Waals surface area contributed by atoms with E-state index >= 15 is 0 Å². The van der Waals surface area contributed by atoms with Gasteiger partial charge in [0.25, 0.3) is 0 Å². The third kappa shape index (κ3) is 4.55. The van der Waals surface area contributed by atoms with E-state index in [-0.39, 0.29) is 18.5 Å².